The van der Waals surface area contributed by atoms with Crippen molar-refractivity contribution in [2.24, 2.45) is 5.92 Å². The molecular formula is C27H28F6N6O3. The van der Waals surface area contributed by atoms with Gasteiger partial charge in [0.05, 0.1) is 47.6 Å². The van der Waals surface area contributed by atoms with Crippen LogP contribution in [0.15, 0.2) is 24.3 Å². The molecule has 0 spiro atoms. The van der Waals surface area contributed by atoms with E-state index in [9.17, 15) is 26.7 Å². The zero-order valence-electron chi connectivity index (χ0n) is 22.7. The van der Waals surface area contributed by atoms with Gasteiger partial charge in [-0.1, -0.05) is 12.1 Å². The Balaban J connectivity index is 1.49. The number of amides is 1. The summed E-state index contributed by atoms with van der Waals surface area (Å²) in [6, 6.07) is 3.66. The summed E-state index contributed by atoms with van der Waals surface area (Å²) in [4.78, 5) is 19.6. The van der Waals surface area contributed by atoms with E-state index in [2.05, 4.69) is 20.5 Å². The maximum atomic E-state index is 15.1. The number of hydrogen-bond acceptors (Lipinski definition) is 8. The monoisotopic (exact) mass is 598 g/mol. The van der Waals surface area contributed by atoms with Crippen LogP contribution in [0.5, 0.6) is 0 Å². The quantitative estimate of drug-likeness (QED) is 0.393. The van der Waals surface area contributed by atoms with Gasteiger partial charge in [0.1, 0.15) is 12.4 Å². The third-order valence-electron chi connectivity index (χ3n) is 7.53. The lowest BCUT2D eigenvalue weighted by Crippen LogP contribution is -2.53. The average molecular weight is 599 g/mol. The minimum absolute atomic E-state index is 0.0249. The molecule has 1 amide bonds. The van der Waals surface area contributed by atoms with Gasteiger partial charge in [-0.3, -0.25) is 4.79 Å². The van der Waals surface area contributed by atoms with Crippen LogP contribution in [0, 0.1) is 18.7 Å². The van der Waals surface area contributed by atoms with Gasteiger partial charge >= 0.3 is 6.18 Å². The maximum Gasteiger partial charge on any atom is 0.435 e. The maximum absolute atomic E-state index is 15.1. The molecule has 2 aliphatic heterocycles. The molecule has 0 saturated carbocycles. The fourth-order valence-electron chi connectivity index (χ4n) is 5.08. The van der Waals surface area contributed by atoms with Crippen molar-refractivity contribution in [1.29, 1.82) is 0 Å². The van der Waals surface area contributed by atoms with E-state index in [1.807, 2.05) is 0 Å². The predicted octanol–water partition coefficient (Wildman–Crippen LogP) is 4.04. The van der Waals surface area contributed by atoms with Crippen molar-refractivity contribution >= 4 is 28.3 Å². The fourth-order valence-corrected chi connectivity index (χ4v) is 5.08. The first-order valence-corrected chi connectivity index (χ1v) is 13.2. The van der Waals surface area contributed by atoms with Crippen molar-refractivity contribution in [1.82, 2.24) is 20.1 Å². The molecular weight excluding hydrogens is 570 g/mol. The molecule has 0 aliphatic carbocycles. The lowest BCUT2D eigenvalue weighted by molar-refractivity contribution is -0.150. The molecule has 1 atom stereocenters. The molecule has 2 aliphatic rings. The summed E-state index contributed by atoms with van der Waals surface area (Å²) in [5.74, 6) is -5.40. The Hall–Kier alpha value is -3.72. The van der Waals surface area contributed by atoms with Crippen LogP contribution in [-0.4, -0.2) is 77.1 Å². The van der Waals surface area contributed by atoms with Crippen molar-refractivity contribution in [3.05, 3.63) is 52.6 Å². The summed E-state index contributed by atoms with van der Waals surface area (Å²) in [5, 5.41) is 20.0. The number of aryl methyl sites for hydroxylation is 1. The second kappa shape index (κ2) is 11.2. The summed E-state index contributed by atoms with van der Waals surface area (Å²) in [6.07, 6.45) is -4.81. The van der Waals surface area contributed by atoms with Gasteiger partial charge in [0.2, 0.25) is 5.91 Å². The third-order valence-corrected chi connectivity index (χ3v) is 7.53. The first-order valence-electron chi connectivity index (χ1n) is 13.2. The van der Waals surface area contributed by atoms with E-state index in [0.717, 1.165) is 6.07 Å². The molecule has 2 fully saturated rings. The number of hydrogen-bond donors (Lipinski definition) is 2. The van der Waals surface area contributed by atoms with Gasteiger partial charge in [-0.25, -0.2) is 9.37 Å². The van der Waals surface area contributed by atoms with Crippen LogP contribution < -0.4 is 10.2 Å². The summed E-state index contributed by atoms with van der Waals surface area (Å²) in [7, 11) is 0. The van der Waals surface area contributed by atoms with Gasteiger partial charge < -0.3 is 25.0 Å². The second-order valence-electron chi connectivity index (χ2n) is 10.4. The number of nitrogens with zero attached hydrogens (tertiary/aromatic N) is 5. The number of aliphatic hydroxyl groups excluding tert-OH is 1. The smallest absolute Gasteiger partial charge is 0.390 e. The molecule has 1 aromatic carbocycles. The van der Waals surface area contributed by atoms with E-state index in [-0.39, 0.29) is 71.7 Å². The molecule has 2 saturated heterocycles. The van der Waals surface area contributed by atoms with Crippen LogP contribution in [0.25, 0.3) is 10.9 Å². The first kappa shape index (κ1) is 29.8. The number of carbonyl (C=O) groups is 1. The van der Waals surface area contributed by atoms with Gasteiger partial charge in [-0.05, 0) is 26.0 Å². The van der Waals surface area contributed by atoms with E-state index >= 15 is 4.39 Å². The molecule has 226 valence electrons. The van der Waals surface area contributed by atoms with Crippen LogP contribution in [0.3, 0.4) is 0 Å². The Morgan fingerprint density at radius 3 is 2.43 bits per heavy atom. The molecule has 2 N–H and O–H groups in total. The zero-order chi connectivity index (χ0) is 30.4. The van der Waals surface area contributed by atoms with E-state index in [4.69, 9.17) is 9.84 Å². The number of anilines is 2. The highest BCUT2D eigenvalue weighted by Gasteiger charge is 2.40. The van der Waals surface area contributed by atoms with Crippen molar-refractivity contribution in [2.75, 3.05) is 56.2 Å². The summed E-state index contributed by atoms with van der Waals surface area (Å²) >= 11 is 0. The number of piperazine rings is 1. The number of halogens is 6. The topological polar surface area (TPSA) is 104 Å². The van der Waals surface area contributed by atoms with E-state index in [0.29, 0.717) is 13.2 Å². The largest absolute Gasteiger partial charge is 0.435 e. The van der Waals surface area contributed by atoms with E-state index in [1.54, 1.807) is 4.90 Å². The lowest BCUT2D eigenvalue weighted by atomic mass is 10.00. The number of rotatable bonds is 7. The number of benzene rings is 1. The third kappa shape index (κ3) is 5.54. The molecule has 0 bridgehead atoms. The minimum atomic E-state index is -4.81. The number of aromatic nitrogens is 3. The second-order valence-corrected chi connectivity index (χ2v) is 10.4. The molecule has 4 heterocycles. The lowest BCUT2D eigenvalue weighted by Gasteiger charge is -2.39. The molecule has 2 aromatic heterocycles. The molecule has 42 heavy (non-hydrogen) atoms. The normalized spacial score (nSPS) is 17.4. The fraction of sp³-hybridized carbons (Fsp3) is 0.481. The number of alkyl halides is 5. The summed E-state index contributed by atoms with van der Waals surface area (Å²) in [6.45, 7) is 2.68. The number of carbonyl (C=O) groups excluding carboxylic acids is 1. The molecule has 3 aromatic rings. The Bertz CT molecular complexity index is 1490. The summed E-state index contributed by atoms with van der Waals surface area (Å²) in [5.41, 5.74) is -2.47. The van der Waals surface area contributed by atoms with Crippen LogP contribution in [0.4, 0.5) is 37.8 Å². The zero-order valence-corrected chi connectivity index (χ0v) is 22.7. The predicted molar refractivity (Wildman–Crippen MR) is 140 cm³/mol. The molecule has 9 nitrogen and oxygen atoms in total. The molecule has 5 rings (SSSR count). The Morgan fingerprint density at radius 1 is 1.14 bits per heavy atom. The number of ether oxygens (including phenoxy) is 1. The van der Waals surface area contributed by atoms with E-state index in [1.165, 1.54) is 36.9 Å². The Morgan fingerprint density at radius 2 is 1.83 bits per heavy atom. The van der Waals surface area contributed by atoms with Gasteiger partial charge in [0, 0.05) is 37.1 Å². The van der Waals surface area contributed by atoms with Crippen molar-refractivity contribution < 1.29 is 41.0 Å². The Labute approximate surface area is 236 Å². The minimum Gasteiger partial charge on any atom is -0.390 e. The highest BCUT2D eigenvalue weighted by Crippen LogP contribution is 2.40. The van der Waals surface area contributed by atoms with Gasteiger partial charge in [-0.2, -0.15) is 27.1 Å². The van der Waals surface area contributed by atoms with Crippen LogP contribution in [-0.2, 0) is 21.6 Å². The summed E-state index contributed by atoms with van der Waals surface area (Å²) < 4.78 is 91.0. The van der Waals surface area contributed by atoms with Gasteiger partial charge in [-0.15, -0.1) is 5.10 Å². The van der Waals surface area contributed by atoms with E-state index < -0.39 is 41.8 Å². The highest BCUT2D eigenvalue weighted by atomic mass is 19.4. The van der Waals surface area contributed by atoms with Gasteiger partial charge in [0.25, 0.3) is 5.92 Å². The number of nitrogens with one attached hydrogen (secondary N) is 1. The number of fused-ring (bicyclic) bond motifs is 1. The van der Waals surface area contributed by atoms with Crippen LogP contribution in [0.1, 0.15) is 35.5 Å². The van der Waals surface area contributed by atoms with Crippen LogP contribution >= 0.6 is 0 Å². The highest BCUT2D eigenvalue weighted by molar-refractivity contribution is 5.93. The molecule has 0 unspecified atom stereocenters. The van der Waals surface area contributed by atoms with Crippen molar-refractivity contribution in [2.45, 2.75) is 32.0 Å². The number of aliphatic hydroxyl groups is 1. The Kier molecular flexibility index (Phi) is 7.91. The molecule has 15 heteroatoms. The molecule has 0 radical (unpaired) electrons. The standard InChI is InChI=1S/C27H28F6N6O3/c1-14(17-4-3-5-19(21(17)28)26(29,30)13-40)34-24-18-10-20(23(27(31,32)33)35-22(18)15(2)36-37-24)38-6-8-39(9-7-38)25(41)16-11-42-12-16/h3-5,10,14,16,40H,6-9,11-13H2,1-2H3,(H,34,37)/t14-/m1/s1. The van der Waals surface area contributed by atoms with Crippen LogP contribution in [0.2, 0.25) is 0 Å². The average Bonchev–Trinajstić information content (AvgIpc) is 2.92. The first-order chi connectivity index (χ1) is 19.8. The van der Waals surface area contributed by atoms with Crippen molar-refractivity contribution in [3.63, 3.8) is 0 Å². The van der Waals surface area contributed by atoms with Crippen molar-refractivity contribution in [3.8, 4) is 0 Å². The number of pyridine rings is 1. The van der Waals surface area contributed by atoms with Gasteiger partial charge in [0.15, 0.2) is 11.5 Å². The SMILES string of the molecule is Cc1nnc(N[C@H](C)c2cccc(C(F)(F)CO)c2F)c2cc(N3CCN(C(=O)C4COC4)CC3)c(C(F)(F)F)nc12.